The highest BCUT2D eigenvalue weighted by Crippen LogP contribution is 2.59. The quantitative estimate of drug-likeness (QED) is 0.421. The molecule has 37 heavy (non-hydrogen) atoms. The Bertz CT molecular complexity index is 1250. The number of fused-ring (bicyclic) bond motifs is 2. The van der Waals surface area contributed by atoms with Gasteiger partial charge in [-0.25, -0.2) is 9.50 Å². The van der Waals surface area contributed by atoms with E-state index in [0.29, 0.717) is 23.2 Å². The van der Waals surface area contributed by atoms with Crippen molar-refractivity contribution in [1.82, 2.24) is 19.6 Å². The molecule has 0 radical (unpaired) electrons. The van der Waals surface area contributed by atoms with Crippen molar-refractivity contribution in [2.75, 3.05) is 38.3 Å². The SMILES string of the molecule is COP(=O)(CP(C)(C)=O)OC[C@H]1O[C@@H](c2cnc3c(NC4CCCC4)nc(Cl)nn23)C2OC(C)(C)O[C@@H]21. The van der Waals surface area contributed by atoms with Gasteiger partial charge in [-0.3, -0.25) is 4.57 Å². The zero-order valence-corrected chi connectivity index (χ0v) is 24.2. The van der Waals surface area contributed by atoms with Crippen molar-refractivity contribution in [2.24, 2.45) is 0 Å². The molecule has 15 heteroatoms. The second kappa shape index (κ2) is 10.1. The van der Waals surface area contributed by atoms with Crippen LogP contribution < -0.4 is 5.32 Å². The zero-order valence-electron chi connectivity index (χ0n) is 21.6. The largest absolute Gasteiger partial charge is 0.364 e. The Morgan fingerprint density at radius 2 is 1.92 bits per heavy atom. The molecule has 0 aromatic carbocycles. The van der Waals surface area contributed by atoms with Crippen molar-refractivity contribution >= 4 is 37.8 Å². The summed E-state index contributed by atoms with van der Waals surface area (Å²) in [6.07, 6.45) is 3.87. The van der Waals surface area contributed by atoms with Gasteiger partial charge in [0.1, 0.15) is 30.3 Å². The first-order chi connectivity index (χ1) is 17.4. The molecule has 2 aromatic rings. The van der Waals surface area contributed by atoms with Gasteiger partial charge in [-0.15, -0.1) is 5.10 Å². The molecule has 206 valence electrons. The third-order valence-electron chi connectivity index (χ3n) is 6.73. The van der Waals surface area contributed by atoms with Crippen LogP contribution in [-0.4, -0.2) is 82.7 Å². The molecule has 0 bridgehead atoms. The van der Waals surface area contributed by atoms with Crippen molar-refractivity contribution in [3.05, 3.63) is 17.2 Å². The summed E-state index contributed by atoms with van der Waals surface area (Å²) in [6, 6.07) is 0.314. The molecule has 0 spiro atoms. The highest BCUT2D eigenvalue weighted by Gasteiger charge is 2.57. The maximum Gasteiger partial charge on any atom is 0.337 e. The summed E-state index contributed by atoms with van der Waals surface area (Å²) in [7, 11) is -4.97. The van der Waals surface area contributed by atoms with E-state index in [0.717, 1.165) is 12.8 Å². The highest BCUT2D eigenvalue weighted by molar-refractivity contribution is 7.75. The lowest BCUT2D eigenvalue weighted by Gasteiger charge is -2.25. The minimum atomic E-state index is -3.59. The fourth-order valence-electron chi connectivity index (χ4n) is 5.24. The van der Waals surface area contributed by atoms with Crippen LogP contribution >= 0.6 is 26.3 Å². The van der Waals surface area contributed by atoms with Gasteiger partial charge in [-0.05, 0) is 51.6 Å². The van der Waals surface area contributed by atoms with Crippen LogP contribution in [-0.2, 0) is 32.4 Å². The minimum absolute atomic E-state index is 0.0789. The maximum absolute atomic E-state index is 13.1. The average Bonchev–Trinajstić information content (AvgIpc) is 3.56. The number of rotatable bonds is 9. The maximum atomic E-state index is 13.1. The third-order valence-corrected chi connectivity index (χ3v) is 12.1. The van der Waals surface area contributed by atoms with Crippen LogP contribution in [0.2, 0.25) is 5.28 Å². The van der Waals surface area contributed by atoms with E-state index in [1.165, 1.54) is 20.0 Å². The predicted octanol–water partition coefficient (Wildman–Crippen LogP) is 4.53. The molecule has 0 amide bonds. The molecule has 3 aliphatic rings. The van der Waals surface area contributed by atoms with Gasteiger partial charge < -0.3 is 33.1 Å². The lowest BCUT2D eigenvalue weighted by Crippen LogP contribution is -2.32. The summed E-state index contributed by atoms with van der Waals surface area (Å²) >= 11 is 6.30. The van der Waals surface area contributed by atoms with Crippen LogP contribution in [0, 0.1) is 0 Å². The number of anilines is 1. The Balaban J connectivity index is 1.42. The fraction of sp³-hybridized carbons (Fsp3) is 0.773. The van der Waals surface area contributed by atoms with Gasteiger partial charge in [0.05, 0.1) is 25.6 Å². The summed E-state index contributed by atoms with van der Waals surface area (Å²) < 4.78 is 56.6. The monoisotopic (exact) mass is 577 g/mol. The van der Waals surface area contributed by atoms with Crippen LogP contribution in [0.25, 0.3) is 5.65 Å². The van der Waals surface area contributed by atoms with Crippen LogP contribution in [0.15, 0.2) is 6.20 Å². The lowest BCUT2D eigenvalue weighted by molar-refractivity contribution is -0.190. The highest BCUT2D eigenvalue weighted by atomic mass is 35.5. The second-order valence-corrected chi connectivity index (χ2v) is 17.2. The van der Waals surface area contributed by atoms with Gasteiger partial charge in [-0.1, -0.05) is 12.8 Å². The molecule has 3 fully saturated rings. The fourth-order valence-corrected chi connectivity index (χ4v) is 10.0. The summed E-state index contributed by atoms with van der Waals surface area (Å²) in [4.78, 5) is 8.95. The molecular formula is C22H34ClN5O7P2. The van der Waals surface area contributed by atoms with E-state index in [1.54, 1.807) is 24.0 Å². The number of hydrogen-bond acceptors (Lipinski definition) is 11. The molecule has 1 N–H and O–H groups in total. The Morgan fingerprint density at radius 3 is 2.59 bits per heavy atom. The summed E-state index contributed by atoms with van der Waals surface area (Å²) in [5.41, 5.74) is 1.16. The van der Waals surface area contributed by atoms with E-state index in [4.69, 9.17) is 34.9 Å². The van der Waals surface area contributed by atoms with E-state index in [2.05, 4.69) is 20.4 Å². The van der Waals surface area contributed by atoms with Gasteiger partial charge in [-0.2, -0.15) is 4.98 Å². The smallest absolute Gasteiger partial charge is 0.337 e. The number of imidazole rings is 1. The lowest BCUT2D eigenvalue weighted by atomic mass is 10.1. The van der Waals surface area contributed by atoms with Gasteiger partial charge in [0.25, 0.3) is 0 Å². The van der Waals surface area contributed by atoms with Crippen molar-refractivity contribution < 1.29 is 32.4 Å². The number of halogens is 1. The zero-order chi connectivity index (χ0) is 26.6. The normalized spacial score (nSPS) is 29.6. The Morgan fingerprint density at radius 1 is 1.22 bits per heavy atom. The number of nitrogens with zero attached hydrogens (tertiary/aromatic N) is 4. The first-order valence-electron chi connectivity index (χ1n) is 12.4. The van der Waals surface area contributed by atoms with Gasteiger partial charge in [0.15, 0.2) is 17.3 Å². The van der Waals surface area contributed by atoms with E-state index in [-0.39, 0.29) is 17.8 Å². The summed E-state index contributed by atoms with van der Waals surface area (Å²) in [5.74, 6) is -0.463. The van der Waals surface area contributed by atoms with E-state index >= 15 is 0 Å². The Hall–Kier alpha value is -1.10. The number of hydrogen-bond donors (Lipinski definition) is 1. The van der Waals surface area contributed by atoms with Crippen molar-refractivity contribution in [3.63, 3.8) is 0 Å². The van der Waals surface area contributed by atoms with Crippen molar-refractivity contribution in [2.45, 2.75) is 75.8 Å². The molecule has 12 nitrogen and oxygen atoms in total. The predicted molar refractivity (Wildman–Crippen MR) is 138 cm³/mol. The Kier molecular flexibility index (Phi) is 7.53. The van der Waals surface area contributed by atoms with Crippen LogP contribution in [0.5, 0.6) is 0 Å². The molecule has 5 rings (SSSR count). The minimum Gasteiger partial charge on any atom is -0.364 e. The summed E-state index contributed by atoms with van der Waals surface area (Å²) in [6.45, 7) is 6.64. The topological polar surface area (TPSA) is 135 Å². The molecule has 1 aliphatic carbocycles. The first-order valence-corrected chi connectivity index (χ1v) is 17.3. The van der Waals surface area contributed by atoms with E-state index in [1.807, 2.05) is 13.8 Å². The standard InChI is InChI=1S/C22H34ClN5O7P2/c1-22(2)34-17-15(11-32-37(30,31-3)12-36(4,5)29)33-16(18(17)35-22)14-10-24-20-19(25-13-8-6-7-9-13)26-21(23)27-28(14)20/h10,13,15-18H,6-9,11-12H2,1-5H3,(H,25,26,27)/t15-,16+,17-,18?,37?/m1/s1. The van der Waals surface area contributed by atoms with E-state index < -0.39 is 44.9 Å². The van der Waals surface area contributed by atoms with E-state index in [9.17, 15) is 9.13 Å². The van der Waals surface area contributed by atoms with Gasteiger partial charge in [0.2, 0.25) is 5.28 Å². The van der Waals surface area contributed by atoms with Crippen LogP contribution in [0.1, 0.15) is 51.3 Å². The average molecular weight is 578 g/mol. The van der Waals surface area contributed by atoms with Crippen molar-refractivity contribution in [1.29, 1.82) is 0 Å². The number of aromatic nitrogens is 4. The molecule has 2 unspecified atom stereocenters. The molecule has 2 aromatic heterocycles. The molecular weight excluding hydrogens is 544 g/mol. The van der Waals surface area contributed by atoms with Gasteiger partial charge >= 0.3 is 7.60 Å². The number of nitrogens with one attached hydrogen (secondary N) is 1. The molecule has 2 saturated heterocycles. The van der Waals surface area contributed by atoms with Crippen molar-refractivity contribution in [3.8, 4) is 0 Å². The summed E-state index contributed by atoms with van der Waals surface area (Å²) in [5, 5.41) is 7.93. The molecule has 5 atom stereocenters. The Labute approximate surface area is 221 Å². The molecule has 1 saturated carbocycles. The van der Waals surface area contributed by atoms with Gasteiger partial charge in [0, 0.05) is 13.2 Å². The van der Waals surface area contributed by atoms with Crippen LogP contribution in [0.4, 0.5) is 5.82 Å². The first kappa shape index (κ1) is 27.5. The number of ether oxygens (including phenoxy) is 3. The second-order valence-electron chi connectivity index (χ2n) is 10.7. The molecule has 2 aliphatic heterocycles. The van der Waals surface area contributed by atoms with Crippen LogP contribution in [0.3, 0.4) is 0 Å². The molecule has 4 heterocycles. The third kappa shape index (κ3) is 5.92.